The van der Waals surface area contributed by atoms with Gasteiger partial charge in [0.1, 0.15) is 12.4 Å². The summed E-state index contributed by atoms with van der Waals surface area (Å²) in [7, 11) is 1.55. The van der Waals surface area contributed by atoms with Gasteiger partial charge in [0, 0.05) is 15.1 Å². The van der Waals surface area contributed by atoms with E-state index in [1.165, 1.54) is 6.21 Å². The molecule has 3 rings (SSSR count). The summed E-state index contributed by atoms with van der Waals surface area (Å²) in [6.07, 6.45) is 1.51. The Morgan fingerprint density at radius 2 is 1.81 bits per heavy atom. The second kappa shape index (κ2) is 11.9. The zero-order chi connectivity index (χ0) is 22.9. The third-order valence-electron chi connectivity index (χ3n) is 4.18. The molecule has 0 aliphatic heterocycles. The average molecular weight is 583 g/mol. The van der Waals surface area contributed by atoms with Crippen LogP contribution in [0.4, 0.5) is 0 Å². The van der Waals surface area contributed by atoms with E-state index in [2.05, 4.69) is 42.4 Å². The van der Waals surface area contributed by atoms with Crippen LogP contribution in [0.1, 0.15) is 11.1 Å². The topological polar surface area (TPSA) is 69.2 Å². The molecule has 32 heavy (non-hydrogen) atoms. The van der Waals surface area contributed by atoms with E-state index in [1.807, 2.05) is 36.4 Å². The summed E-state index contributed by atoms with van der Waals surface area (Å²) in [6, 6.07) is 18.2. The fourth-order valence-corrected chi connectivity index (χ4v) is 3.95. The van der Waals surface area contributed by atoms with Crippen molar-refractivity contribution in [3.8, 4) is 17.2 Å². The Bertz CT molecular complexity index is 1120. The highest BCUT2D eigenvalue weighted by molar-refractivity contribution is 9.11. The predicted octanol–water partition coefficient (Wildman–Crippen LogP) is 5.98. The zero-order valence-corrected chi connectivity index (χ0v) is 20.9. The number of amides is 1. The van der Waals surface area contributed by atoms with Crippen molar-refractivity contribution in [3.63, 3.8) is 0 Å². The molecule has 0 spiro atoms. The van der Waals surface area contributed by atoms with Crippen LogP contribution < -0.4 is 19.6 Å². The number of benzene rings is 3. The third-order valence-corrected chi connectivity index (χ3v) is 5.67. The van der Waals surface area contributed by atoms with Crippen molar-refractivity contribution in [2.75, 3.05) is 13.7 Å². The summed E-state index contributed by atoms with van der Waals surface area (Å²) in [6.45, 7) is 0.143. The van der Waals surface area contributed by atoms with Gasteiger partial charge in [-0.1, -0.05) is 45.7 Å². The van der Waals surface area contributed by atoms with Crippen LogP contribution in [0.25, 0.3) is 0 Å². The molecule has 166 valence electrons. The lowest BCUT2D eigenvalue weighted by atomic mass is 10.2. The zero-order valence-electron chi connectivity index (χ0n) is 17.0. The van der Waals surface area contributed by atoms with Crippen LogP contribution in [0, 0.1) is 0 Å². The molecule has 3 aromatic rings. The van der Waals surface area contributed by atoms with Crippen LogP contribution in [-0.2, 0) is 11.4 Å². The van der Waals surface area contributed by atoms with Gasteiger partial charge in [-0.05, 0) is 64.0 Å². The Morgan fingerprint density at radius 1 is 1.03 bits per heavy atom. The number of carbonyl (C=O) groups excluding carboxylic acids is 1. The Hall–Kier alpha value is -2.55. The maximum Gasteiger partial charge on any atom is 0.277 e. The van der Waals surface area contributed by atoms with Gasteiger partial charge in [-0.3, -0.25) is 4.79 Å². The quantitative estimate of drug-likeness (QED) is 0.249. The largest absolute Gasteiger partial charge is 0.493 e. The smallest absolute Gasteiger partial charge is 0.277 e. The highest BCUT2D eigenvalue weighted by atomic mass is 79.9. The molecular weight excluding hydrogens is 564 g/mol. The second-order valence-electron chi connectivity index (χ2n) is 6.45. The van der Waals surface area contributed by atoms with Crippen molar-refractivity contribution in [3.05, 3.63) is 85.8 Å². The van der Waals surface area contributed by atoms with Gasteiger partial charge < -0.3 is 14.2 Å². The minimum absolute atomic E-state index is 0.171. The first-order chi connectivity index (χ1) is 15.5. The van der Waals surface area contributed by atoms with Gasteiger partial charge in [-0.25, -0.2) is 5.43 Å². The molecular formula is C23H19Br2ClN2O4. The number of ether oxygens (including phenoxy) is 3. The van der Waals surface area contributed by atoms with Crippen molar-refractivity contribution in [2.45, 2.75) is 6.61 Å². The number of hydrogen-bond donors (Lipinski definition) is 1. The Morgan fingerprint density at radius 3 is 2.56 bits per heavy atom. The van der Waals surface area contributed by atoms with Gasteiger partial charge in [-0.15, -0.1) is 0 Å². The van der Waals surface area contributed by atoms with Crippen molar-refractivity contribution < 1.29 is 19.0 Å². The lowest BCUT2D eigenvalue weighted by Gasteiger charge is -2.12. The van der Waals surface area contributed by atoms with Gasteiger partial charge in [0.2, 0.25) is 0 Å². The second-order valence-corrected chi connectivity index (χ2v) is 8.62. The van der Waals surface area contributed by atoms with Gasteiger partial charge in [0.05, 0.1) is 17.8 Å². The van der Waals surface area contributed by atoms with E-state index in [1.54, 1.807) is 31.4 Å². The van der Waals surface area contributed by atoms with Gasteiger partial charge in [-0.2, -0.15) is 5.10 Å². The summed E-state index contributed by atoms with van der Waals surface area (Å²) in [5.74, 6) is 1.28. The number of hydrogen-bond acceptors (Lipinski definition) is 5. The fraction of sp³-hybridized carbons (Fsp3) is 0.130. The number of nitrogens with zero attached hydrogens (tertiary/aromatic N) is 1. The van der Waals surface area contributed by atoms with Crippen LogP contribution in [0.3, 0.4) is 0 Å². The minimum Gasteiger partial charge on any atom is -0.493 e. The number of nitrogens with one attached hydrogen (secondary N) is 1. The highest BCUT2D eigenvalue weighted by Crippen LogP contribution is 2.29. The number of rotatable bonds is 9. The number of halogens is 3. The molecule has 0 atom stereocenters. The summed E-state index contributed by atoms with van der Waals surface area (Å²) < 4.78 is 18.4. The molecule has 1 N–H and O–H groups in total. The standard InChI is InChI=1S/C23H19Br2ClN2O4/c1-30-22-10-15(6-8-21(22)31-13-16-4-2-3-5-19(16)26)12-27-28-23(29)14-32-20-9-7-17(24)11-18(20)25/h2-12H,13-14H2,1H3,(H,28,29)/b27-12-. The summed E-state index contributed by atoms with van der Waals surface area (Å²) in [5, 5.41) is 4.60. The molecule has 6 nitrogen and oxygen atoms in total. The third kappa shape index (κ3) is 6.98. The van der Waals surface area contributed by atoms with E-state index in [4.69, 9.17) is 25.8 Å². The monoisotopic (exact) mass is 580 g/mol. The van der Waals surface area contributed by atoms with Crippen LogP contribution in [0.5, 0.6) is 17.2 Å². The van der Waals surface area contributed by atoms with Crippen LogP contribution >= 0.6 is 43.5 Å². The molecule has 0 heterocycles. The van der Waals surface area contributed by atoms with E-state index in [-0.39, 0.29) is 12.5 Å². The average Bonchev–Trinajstić information content (AvgIpc) is 2.78. The number of hydrazone groups is 1. The first kappa shape index (κ1) is 24.1. The Labute approximate surface area is 207 Å². The van der Waals surface area contributed by atoms with Crippen LogP contribution in [0.15, 0.2) is 74.7 Å². The Balaban J connectivity index is 1.53. The van der Waals surface area contributed by atoms with E-state index in [0.717, 1.165) is 20.1 Å². The fourth-order valence-electron chi connectivity index (χ4n) is 2.60. The lowest BCUT2D eigenvalue weighted by Crippen LogP contribution is -2.24. The molecule has 0 aliphatic rings. The maximum absolute atomic E-state index is 12.0. The SMILES string of the molecule is COc1cc(/C=N\NC(=O)COc2ccc(Br)cc2Br)ccc1OCc1ccccc1Cl. The van der Waals surface area contributed by atoms with E-state index in [0.29, 0.717) is 28.9 Å². The van der Waals surface area contributed by atoms with Crippen LogP contribution in [0.2, 0.25) is 5.02 Å². The first-order valence-corrected chi connectivity index (χ1v) is 11.4. The number of carbonyl (C=O) groups is 1. The maximum atomic E-state index is 12.0. The normalized spacial score (nSPS) is 10.8. The van der Waals surface area contributed by atoms with Crippen LogP contribution in [-0.4, -0.2) is 25.8 Å². The molecule has 0 aromatic heterocycles. The molecule has 3 aromatic carbocycles. The molecule has 0 bridgehead atoms. The molecule has 1 amide bonds. The molecule has 9 heteroatoms. The highest BCUT2D eigenvalue weighted by Gasteiger charge is 2.08. The van der Waals surface area contributed by atoms with E-state index >= 15 is 0 Å². The molecule has 0 aliphatic carbocycles. The molecule has 0 saturated heterocycles. The molecule has 0 radical (unpaired) electrons. The molecule has 0 fully saturated rings. The van der Waals surface area contributed by atoms with Crippen molar-refractivity contribution in [1.82, 2.24) is 5.43 Å². The predicted molar refractivity (Wildman–Crippen MR) is 132 cm³/mol. The van der Waals surface area contributed by atoms with Crippen molar-refractivity contribution in [1.29, 1.82) is 0 Å². The summed E-state index contributed by atoms with van der Waals surface area (Å²) >= 11 is 12.9. The minimum atomic E-state index is -0.386. The molecule has 0 saturated carbocycles. The lowest BCUT2D eigenvalue weighted by molar-refractivity contribution is -0.123. The number of methoxy groups -OCH3 is 1. The molecule has 0 unspecified atom stereocenters. The van der Waals surface area contributed by atoms with Gasteiger partial charge >= 0.3 is 0 Å². The van der Waals surface area contributed by atoms with E-state index < -0.39 is 0 Å². The van der Waals surface area contributed by atoms with Crippen molar-refractivity contribution >= 4 is 55.6 Å². The Kier molecular flexibility index (Phi) is 8.96. The first-order valence-electron chi connectivity index (χ1n) is 9.40. The van der Waals surface area contributed by atoms with Gasteiger partial charge in [0.25, 0.3) is 5.91 Å². The van der Waals surface area contributed by atoms with Gasteiger partial charge in [0.15, 0.2) is 18.1 Å². The van der Waals surface area contributed by atoms with E-state index in [9.17, 15) is 4.79 Å². The summed E-state index contributed by atoms with van der Waals surface area (Å²) in [4.78, 5) is 12.0. The van der Waals surface area contributed by atoms with Crippen molar-refractivity contribution in [2.24, 2.45) is 5.10 Å². The summed E-state index contributed by atoms with van der Waals surface area (Å²) in [5.41, 5.74) is 4.03.